The Balaban J connectivity index is 2.23. The van der Waals surface area contributed by atoms with Crippen molar-refractivity contribution in [3.8, 4) is 0 Å². The Hall–Kier alpha value is -1.94. The van der Waals surface area contributed by atoms with Crippen LogP contribution in [-0.2, 0) is 16.0 Å². The molecule has 1 unspecified atom stereocenters. The van der Waals surface area contributed by atoms with Gasteiger partial charge in [0.1, 0.15) is 5.54 Å². The number of carbonyl (C=O) groups excluding carboxylic acids is 1. The Morgan fingerprint density at radius 3 is 2.95 bits per heavy atom. The molecule has 1 atom stereocenters. The fraction of sp³-hybridized carbons (Fsp3) is 0.333. The highest BCUT2D eigenvalue weighted by Crippen LogP contribution is 2.18. The lowest BCUT2D eigenvalue weighted by Gasteiger charge is -2.22. The van der Waals surface area contributed by atoms with Crippen LogP contribution >= 0.6 is 0 Å². The smallest absolute Gasteiger partial charge is 0.326 e. The highest BCUT2D eigenvalue weighted by atomic mass is 16.5. The summed E-state index contributed by atoms with van der Waals surface area (Å²) in [6, 6.07) is 9.77. The predicted molar refractivity (Wildman–Crippen MR) is 74.7 cm³/mol. The van der Waals surface area contributed by atoms with Crippen molar-refractivity contribution in [3.63, 3.8) is 0 Å². The number of benzene rings is 1. The van der Waals surface area contributed by atoms with E-state index < -0.39 is 5.54 Å². The van der Waals surface area contributed by atoms with Crippen molar-refractivity contribution in [1.29, 1.82) is 0 Å². The Morgan fingerprint density at radius 1 is 1.42 bits per heavy atom. The molecule has 2 rings (SSSR count). The Morgan fingerprint density at radius 2 is 2.21 bits per heavy atom. The number of aromatic nitrogens is 1. The summed E-state index contributed by atoms with van der Waals surface area (Å²) in [5, 5.41) is 1.04. The summed E-state index contributed by atoms with van der Waals surface area (Å²) in [5.41, 5.74) is 6.95. The van der Waals surface area contributed by atoms with Gasteiger partial charge in [0.25, 0.3) is 0 Å². The Labute approximate surface area is 112 Å². The van der Waals surface area contributed by atoms with Crippen molar-refractivity contribution < 1.29 is 9.53 Å². The van der Waals surface area contributed by atoms with Gasteiger partial charge in [-0.15, -0.1) is 0 Å². The molecular formula is C15H18N2O2. The standard InChI is InChI=1S/C15H18N2O2/c1-3-19-14(18)15(2,16)10-11-6-7-13-12(9-11)5-4-8-17-13/h4-9H,3,10,16H2,1-2H3. The maximum atomic E-state index is 11.8. The number of fused-ring (bicyclic) bond motifs is 1. The maximum Gasteiger partial charge on any atom is 0.326 e. The van der Waals surface area contributed by atoms with Crippen molar-refractivity contribution in [2.45, 2.75) is 25.8 Å². The van der Waals surface area contributed by atoms with E-state index in [9.17, 15) is 4.79 Å². The van der Waals surface area contributed by atoms with Crippen LogP contribution in [-0.4, -0.2) is 23.1 Å². The van der Waals surface area contributed by atoms with Gasteiger partial charge in [0.15, 0.2) is 0 Å². The average Bonchev–Trinajstić information content (AvgIpc) is 2.38. The first-order chi connectivity index (χ1) is 9.03. The second kappa shape index (κ2) is 5.36. The molecule has 4 heteroatoms. The molecule has 0 saturated carbocycles. The first-order valence-electron chi connectivity index (χ1n) is 6.32. The first-order valence-corrected chi connectivity index (χ1v) is 6.32. The number of hydrogen-bond donors (Lipinski definition) is 1. The van der Waals surface area contributed by atoms with E-state index in [1.54, 1.807) is 20.0 Å². The summed E-state index contributed by atoms with van der Waals surface area (Å²) in [5.74, 6) is -0.374. The lowest BCUT2D eigenvalue weighted by Crippen LogP contribution is -2.48. The number of carbonyl (C=O) groups is 1. The van der Waals surface area contributed by atoms with Gasteiger partial charge >= 0.3 is 5.97 Å². The van der Waals surface area contributed by atoms with Gasteiger partial charge in [-0.1, -0.05) is 12.1 Å². The molecule has 0 saturated heterocycles. The fourth-order valence-corrected chi connectivity index (χ4v) is 2.03. The largest absolute Gasteiger partial charge is 0.465 e. The highest BCUT2D eigenvalue weighted by molar-refractivity contribution is 5.82. The molecule has 2 N–H and O–H groups in total. The predicted octanol–water partition coefficient (Wildman–Crippen LogP) is 2.06. The lowest BCUT2D eigenvalue weighted by atomic mass is 9.93. The molecule has 1 heterocycles. The van der Waals surface area contributed by atoms with Crippen molar-refractivity contribution in [1.82, 2.24) is 4.98 Å². The van der Waals surface area contributed by atoms with Crippen LogP contribution in [0, 0.1) is 0 Å². The maximum absolute atomic E-state index is 11.8. The summed E-state index contributed by atoms with van der Waals surface area (Å²) in [7, 11) is 0. The van der Waals surface area contributed by atoms with Gasteiger partial charge in [-0.25, -0.2) is 0 Å². The van der Waals surface area contributed by atoms with Crippen molar-refractivity contribution in [2.75, 3.05) is 6.61 Å². The van der Waals surface area contributed by atoms with Crippen LogP contribution in [0.3, 0.4) is 0 Å². The van der Waals surface area contributed by atoms with E-state index in [2.05, 4.69) is 4.98 Å². The Kier molecular flexibility index (Phi) is 3.81. The minimum absolute atomic E-state index is 0.341. The molecule has 0 aliphatic heterocycles. The van der Waals surface area contributed by atoms with Gasteiger partial charge in [-0.3, -0.25) is 9.78 Å². The van der Waals surface area contributed by atoms with Crippen LogP contribution in [0.15, 0.2) is 36.5 Å². The summed E-state index contributed by atoms with van der Waals surface area (Å²) in [6.07, 6.45) is 2.20. The van der Waals surface area contributed by atoms with E-state index >= 15 is 0 Å². The summed E-state index contributed by atoms with van der Waals surface area (Å²) < 4.78 is 4.99. The number of nitrogens with zero attached hydrogens (tertiary/aromatic N) is 1. The topological polar surface area (TPSA) is 65.2 Å². The number of ether oxygens (including phenoxy) is 1. The fourth-order valence-electron chi connectivity index (χ4n) is 2.03. The molecule has 0 fully saturated rings. The minimum Gasteiger partial charge on any atom is -0.465 e. The molecular weight excluding hydrogens is 240 g/mol. The zero-order valence-corrected chi connectivity index (χ0v) is 11.2. The number of nitrogens with two attached hydrogens (primary N) is 1. The van der Waals surface area contributed by atoms with Crippen LogP contribution in [0.4, 0.5) is 0 Å². The van der Waals surface area contributed by atoms with Gasteiger partial charge in [-0.2, -0.15) is 0 Å². The zero-order valence-electron chi connectivity index (χ0n) is 11.2. The molecule has 0 aliphatic rings. The van der Waals surface area contributed by atoms with Crippen molar-refractivity contribution in [2.24, 2.45) is 5.73 Å². The van der Waals surface area contributed by atoms with E-state index in [1.165, 1.54) is 0 Å². The van der Waals surface area contributed by atoms with Gasteiger partial charge in [0, 0.05) is 18.0 Å². The SMILES string of the molecule is CCOC(=O)C(C)(N)Cc1ccc2ncccc2c1. The summed E-state index contributed by atoms with van der Waals surface area (Å²) in [4.78, 5) is 16.0. The third-order valence-corrected chi connectivity index (χ3v) is 2.98. The van der Waals surface area contributed by atoms with Crippen LogP contribution < -0.4 is 5.73 Å². The number of rotatable bonds is 4. The van der Waals surface area contributed by atoms with Crippen LogP contribution in [0.1, 0.15) is 19.4 Å². The molecule has 4 nitrogen and oxygen atoms in total. The summed E-state index contributed by atoms with van der Waals surface area (Å²) >= 11 is 0. The van der Waals surface area contributed by atoms with Gasteiger partial charge in [0.2, 0.25) is 0 Å². The molecule has 0 bridgehead atoms. The lowest BCUT2D eigenvalue weighted by molar-refractivity contribution is -0.148. The second-order valence-corrected chi connectivity index (χ2v) is 4.85. The van der Waals surface area contributed by atoms with E-state index in [-0.39, 0.29) is 5.97 Å². The van der Waals surface area contributed by atoms with Crippen LogP contribution in [0.5, 0.6) is 0 Å². The molecule has 0 radical (unpaired) electrons. The molecule has 0 amide bonds. The quantitative estimate of drug-likeness (QED) is 0.852. The average molecular weight is 258 g/mol. The summed E-state index contributed by atoms with van der Waals surface area (Å²) in [6.45, 7) is 3.81. The van der Waals surface area contributed by atoms with Crippen LogP contribution in [0.25, 0.3) is 10.9 Å². The third kappa shape index (κ3) is 3.09. The highest BCUT2D eigenvalue weighted by Gasteiger charge is 2.30. The number of esters is 1. The van der Waals surface area contributed by atoms with Gasteiger partial charge in [0.05, 0.1) is 12.1 Å². The number of hydrogen-bond acceptors (Lipinski definition) is 4. The van der Waals surface area contributed by atoms with E-state index in [0.29, 0.717) is 13.0 Å². The molecule has 19 heavy (non-hydrogen) atoms. The van der Waals surface area contributed by atoms with E-state index in [1.807, 2.05) is 30.3 Å². The molecule has 0 spiro atoms. The van der Waals surface area contributed by atoms with Crippen LogP contribution in [0.2, 0.25) is 0 Å². The zero-order chi connectivity index (χ0) is 13.9. The normalized spacial score (nSPS) is 14.1. The molecule has 1 aromatic heterocycles. The molecule has 1 aromatic carbocycles. The van der Waals surface area contributed by atoms with Gasteiger partial charge in [-0.05, 0) is 37.6 Å². The molecule has 100 valence electrons. The second-order valence-electron chi connectivity index (χ2n) is 4.85. The number of pyridine rings is 1. The Bertz CT molecular complexity index is 593. The molecule has 2 aromatic rings. The monoisotopic (exact) mass is 258 g/mol. The van der Waals surface area contributed by atoms with Crippen molar-refractivity contribution >= 4 is 16.9 Å². The van der Waals surface area contributed by atoms with Crippen molar-refractivity contribution in [3.05, 3.63) is 42.1 Å². The first kappa shape index (κ1) is 13.5. The minimum atomic E-state index is -1.01. The third-order valence-electron chi connectivity index (χ3n) is 2.98. The molecule has 0 aliphatic carbocycles. The van der Waals surface area contributed by atoms with E-state index in [0.717, 1.165) is 16.5 Å². The van der Waals surface area contributed by atoms with Gasteiger partial charge < -0.3 is 10.5 Å². The van der Waals surface area contributed by atoms with E-state index in [4.69, 9.17) is 10.5 Å².